The number of aromatic nitrogens is 1. The summed E-state index contributed by atoms with van der Waals surface area (Å²) in [6, 6.07) is 6.37. The van der Waals surface area contributed by atoms with Crippen molar-refractivity contribution in [3.63, 3.8) is 0 Å². The summed E-state index contributed by atoms with van der Waals surface area (Å²) in [6.45, 7) is 0. The largest absolute Gasteiger partial charge is 0.417 e. The van der Waals surface area contributed by atoms with Gasteiger partial charge in [-0.3, -0.25) is 9.78 Å². The Morgan fingerprint density at radius 3 is 2.74 bits per heavy atom. The van der Waals surface area contributed by atoms with E-state index in [1.165, 1.54) is 12.8 Å². The molecule has 2 bridgehead atoms. The van der Waals surface area contributed by atoms with Gasteiger partial charge in [0.25, 0.3) is 0 Å². The zero-order chi connectivity index (χ0) is 15.1. The van der Waals surface area contributed by atoms with Gasteiger partial charge in [0.15, 0.2) is 5.58 Å². The average molecular weight is 338 g/mol. The molecule has 3 heterocycles. The number of benzene rings is 1. The second-order valence-electron chi connectivity index (χ2n) is 6.45. The summed E-state index contributed by atoms with van der Waals surface area (Å²) in [7, 11) is 0. The third-order valence-electron chi connectivity index (χ3n) is 4.75. The number of hydrogen-bond acceptors (Lipinski definition) is 4. The molecule has 124 valence electrons. The van der Waals surface area contributed by atoms with Crippen LogP contribution in [-0.2, 0) is 4.79 Å². The van der Waals surface area contributed by atoms with E-state index in [0.29, 0.717) is 41.2 Å². The highest BCUT2D eigenvalue weighted by Crippen LogP contribution is 2.32. The van der Waals surface area contributed by atoms with Crippen LogP contribution in [0.15, 0.2) is 27.4 Å². The van der Waals surface area contributed by atoms with E-state index >= 15 is 0 Å². The van der Waals surface area contributed by atoms with Crippen molar-refractivity contribution in [2.45, 2.75) is 44.2 Å². The highest BCUT2D eigenvalue weighted by molar-refractivity contribution is 5.92. The van der Waals surface area contributed by atoms with Gasteiger partial charge in [-0.05, 0) is 49.8 Å². The molecular formula is C16H20ClN3O3. The smallest absolute Gasteiger partial charge is 0.408 e. The number of piperidine rings is 1. The van der Waals surface area contributed by atoms with Gasteiger partial charge in [0.1, 0.15) is 0 Å². The van der Waals surface area contributed by atoms with E-state index in [9.17, 15) is 9.59 Å². The van der Waals surface area contributed by atoms with Crippen molar-refractivity contribution in [1.82, 2.24) is 10.3 Å². The molecule has 0 radical (unpaired) electrons. The Morgan fingerprint density at radius 1 is 1.26 bits per heavy atom. The fourth-order valence-electron chi connectivity index (χ4n) is 3.85. The first-order valence-electron chi connectivity index (χ1n) is 7.84. The maximum absolute atomic E-state index is 12.2. The van der Waals surface area contributed by atoms with Crippen molar-refractivity contribution in [2.75, 3.05) is 5.32 Å². The zero-order valence-corrected chi connectivity index (χ0v) is 13.4. The summed E-state index contributed by atoms with van der Waals surface area (Å²) in [5, 5.41) is 6.51. The van der Waals surface area contributed by atoms with Crippen LogP contribution in [0, 0.1) is 5.92 Å². The number of carbonyl (C=O) groups excluding carboxylic acids is 1. The van der Waals surface area contributed by atoms with Gasteiger partial charge in [-0.1, -0.05) is 0 Å². The maximum Gasteiger partial charge on any atom is 0.417 e. The van der Waals surface area contributed by atoms with Crippen LogP contribution in [0.1, 0.15) is 32.1 Å². The van der Waals surface area contributed by atoms with E-state index in [0.717, 1.165) is 12.8 Å². The number of halogens is 1. The monoisotopic (exact) mass is 337 g/mol. The Kier molecular flexibility index (Phi) is 4.46. The number of fused-ring (bicyclic) bond motifs is 3. The van der Waals surface area contributed by atoms with Crippen LogP contribution >= 0.6 is 12.4 Å². The molecule has 2 fully saturated rings. The van der Waals surface area contributed by atoms with E-state index in [1.54, 1.807) is 18.2 Å². The molecule has 0 saturated carbocycles. The number of oxazole rings is 1. The average Bonchev–Trinajstić information content (AvgIpc) is 2.99. The van der Waals surface area contributed by atoms with E-state index in [2.05, 4.69) is 15.6 Å². The van der Waals surface area contributed by atoms with Gasteiger partial charge < -0.3 is 15.1 Å². The summed E-state index contributed by atoms with van der Waals surface area (Å²) in [5.41, 5.74) is 1.78. The first kappa shape index (κ1) is 16.1. The van der Waals surface area contributed by atoms with Crippen molar-refractivity contribution >= 4 is 35.1 Å². The Labute approximate surface area is 139 Å². The Balaban J connectivity index is 0.00000156. The van der Waals surface area contributed by atoms with Crippen molar-refractivity contribution in [2.24, 2.45) is 5.92 Å². The van der Waals surface area contributed by atoms with Crippen LogP contribution in [-0.4, -0.2) is 23.0 Å². The van der Waals surface area contributed by atoms with Crippen LogP contribution in [0.2, 0.25) is 0 Å². The molecule has 1 aromatic carbocycles. The summed E-state index contributed by atoms with van der Waals surface area (Å²) in [5.74, 6) is 0.0244. The standard InChI is InChI=1S/C16H19N3O3.ClH/c20-15(7-9-5-10-1-2-11(6-9)17-10)18-12-3-4-14-13(8-12)19-16(21)22-14;/h3-4,8-11,17H,1-2,5-7H2,(H,18,20)(H,19,21);1H. The summed E-state index contributed by atoms with van der Waals surface area (Å²) in [4.78, 5) is 26.0. The van der Waals surface area contributed by atoms with E-state index in [1.807, 2.05) is 0 Å². The molecule has 4 rings (SSSR count). The summed E-state index contributed by atoms with van der Waals surface area (Å²) in [6.07, 6.45) is 5.24. The number of aromatic amines is 1. The molecule has 2 unspecified atom stereocenters. The molecular weight excluding hydrogens is 318 g/mol. The number of hydrogen-bond donors (Lipinski definition) is 3. The number of nitrogens with one attached hydrogen (secondary N) is 3. The molecule has 7 heteroatoms. The molecule has 6 nitrogen and oxygen atoms in total. The fourth-order valence-corrected chi connectivity index (χ4v) is 3.85. The van der Waals surface area contributed by atoms with Crippen LogP contribution in [0.25, 0.3) is 11.1 Å². The van der Waals surface area contributed by atoms with E-state index < -0.39 is 5.76 Å². The molecule has 2 saturated heterocycles. The number of carbonyl (C=O) groups is 1. The number of anilines is 1. The maximum atomic E-state index is 12.2. The van der Waals surface area contributed by atoms with Crippen molar-refractivity contribution in [1.29, 1.82) is 0 Å². The third kappa shape index (κ3) is 3.43. The lowest BCUT2D eigenvalue weighted by Gasteiger charge is -2.28. The molecule has 2 aromatic rings. The lowest BCUT2D eigenvalue weighted by atomic mass is 9.89. The highest BCUT2D eigenvalue weighted by Gasteiger charge is 2.34. The number of H-pyrrole nitrogens is 1. The number of amides is 1. The molecule has 0 spiro atoms. The molecule has 1 amide bonds. The predicted molar refractivity (Wildman–Crippen MR) is 90.0 cm³/mol. The second-order valence-corrected chi connectivity index (χ2v) is 6.45. The summed E-state index contributed by atoms with van der Waals surface area (Å²) >= 11 is 0. The van der Waals surface area contributed by atoms with Gasteiger partial charge in [-0.15, -0.1) is 12.4 Å². The van der Waals surface area contributed by atoms with Gasteiger partial charge in [0.05, 0.1) is 5.52 Å². The Bertz CT molecular complexity index is 757. The second kappa shape index (κ2) is 6.37. The molecule has 1 aromatic heterocycles. The highest BCUT2D eigenvalue weighted by atomic mass is 35.5. The predicted octanol–water partition coefficient (Wildman–Crippen LogP) is 2.40. The van der Waals surface area contributed by atoms with Crippen molar-refractivity contribution in [3.8, 4) is 0 Å². The molecule has 0 aliphatic carbocycles. The van der Waals surface area contributed by atoms with Crippen LogP contribution < -0.4 is 16.4 Å². The molecule has 3 N–H and O–H groups in total. The van der Waals surface area contributed by atoms with Crippen molar-refractivity contribution in [3.05, 3.63) is 28.7 Å². The molecule has 2 aliphatic heterocycles. The topological polar surface area (TPSA) is 87.1 Å². The zero-order valence-electron chi connectivity index (χ0n) is 12.6. The SMILES string of the molecule is Cl.O=C(CC1CC2CCC(C1)N2)Nc1ccc2oc(=O)[nH]c2c1. The third-order valence-corrected chi connectivity index (χ3v) is 4.75. The molecule has 2 atom stereocenters. The van der Waals surface area contributed by atoms with Gasteiger partial charge >= 0.3 is 5.76 Å². The minimum atomic E-state index is -0.483. The minimum Gasteiger partial charge on any atom is -0.408 e. The van der Waals surface area contributed by atoms with Crippen LogP contribution in [0.4, 0.5) is 5.69 Å². The molecule has 2 aliphatic rings. The minimum absolute atomic E-state index is 0. The van der Waals surface area contributed by atoms with Crippen LogP contribution in [0.5, 0.6) is 0 Å². The van der Waals surface area contributed by atoms with Gasteiger partial charge in [-0.2, -0.15) is 0 Å². The Morgan fingerprint density at radius 2 is 2.00 bits per heavy atom. The first-order valence-corrected chi connectivity index (χ1v) is 7.84. The normalized spacial score (nSPS) is 26.0. The van der Waals surface area contributed by atoms with Gasteiger partial charge in [0.2, 0.25) is 5.91 Å². The van der Waals surface area contributed by atoms with Gasteiger partial charge in [0, 0.05) is 24.2 Å². The quantitative estimate of drug-likeness (QED) is 0.802. The first-order chi connectivity index (χ1) is 10.7. The van der Waals surface area contributed by atoms with E-state index in [4.69, 9.17) is 4.42 Å². The number of rotatable bonds is 3. The lowest BCUT2D eigenvalue weighted by molar-refractivity contribution is -0.117. The summed E-state index contributed by atoms with van der Waals surface area (Å²) < 4.78 is 4.95. The van der Waals surface area contributed by atoms with Gasteiger partial charge in [-0.25, -0.2) is 4.79 Å². The lowest BCUT2D eigenvalue weighted by Crippen LogP contribution is -2.39. The van der Waals surface area contributed by atoms with Crippen LogP contribution in [0.3, 0.4) is 0 Å². The fraction of sp³-hybridized carbons (Fsp3) is 0.500. The molecule has 23 heavy (non-hydrogen) atoms. The van der Waals surface area contributed by atoms with E-state index in [-0.39, 0.29) is 18.3 Å². The Hall–Kier alpha value is -1.79. The van der Waals surface area contributed by atoms with Crippen molar-refractivity contribution < 1.29 is 9.21 Å².